The smallest absolute Gasteiger partial charge is 0.0652 e. The quantitative estimate of drug-likeness (QED) is 0.870. The third-order valence-electron chi connectivity index (χ3n) is 4.59. The summed E-state index contributed by atoms with van der Waals surface area (Å²) in [5.41, 5.74) is 3.48. The SMILES string of the molecule is Cc1ccc(C(C)(CO)NC2CCCCC2)cc1C. The lowest BCUT2D eigenvalue weighted by Crippen LogP contribution is -2.49. The van der Waals surface area contributed by atoms with Gasteiger partial charge in [0.05, 0.1) is 12.1 Å². The maximum atomic E-state index is 9.87. The standard InChI is InChI=1S/C17H27NO/c1-13-9-10-15(11-14(13)2)17(3,12-19)18-16-7-5-4-6-8-16/h9-11,16,18-19H,4-8,12H2,1-3H3. The second-order valence-corrected chi connectivity index (χ2v) is 6.27. The first-order chi connectivity index (χ1) is 9.05. The average Bonchev–Trinajstić information content (AvgIpc) is 2.43. The first-order valence-electron chi connectivity index (χ1n) is 7.51. The van der Waals surface area contributed by atoms with Crippen LogP contribution >= 0.6 is 0 Å². The van der Waals surface area contributed by atoms with Crippen molar-refractivity contribution in [2.75, 3.05) is 6.61 Å². The van der Waals surface area contributed by atoms with Gasteiger partial charge in [-0.1, -0.05) is 37.5 Å². The minimum atomic E-state index is -0.319. The summed E-state index contributed by atoms with van der Waals surface area (Å²) in [5, 5.41) is 13.6. The van der Waals surface area contributed by atoms with Gasteiger partial charge in [0.15, 0.2) is 0 Å². The molecule has 0 heterocycles. The molecule has 0 radical (unpaired) electrons. The van der Waals surface area contributed by atoms with E-state index < -0.39 is 0 Å². The van der Waals surface area contributed by atoms with Gasteiger partial charge in [0.25, 0.3) is 0 Å². The highest BCUT2D eigenvalue weighted by molar-refractivity contribution is 5.34. The summed E-state index contributed by atoms with van der Waals surface area (Å²) >= 11 is 0. The molecule has 2 nitrogen and oxygen atoms in total. The van der Waals surface area contributed by atoms with Gasteiger partial charge in [0, 0.05) is 6.04 Å². The number of rotatable bonds is 4. The zero-order chi connectivity index (χ0) is 13.9. The van der Waals surface area contributed by atoms with Crippen LogP contribution in [0.1, 0.15) is 55.7 Å². The van der Waals surface area contributed by atoms with E-state index in [9.17, 15) is 5.11 Å². The highest BCUT2D eigenvalue weighted by Gasteiger charge is 2.29. The molecule has 2 rings (SSSR count). The van der Waals surface area contributed by atoms with E-state index in [4.69, 9.17) is 0 Å². The summed E-state index contributed by atoms with van der Waals surface area (Å²) in [5.74, 6) is 0. The fourth-order valence-corrected chi connectivity index (χ4v) is 3.00. The Kier molecular flexibility index (Phi) is 4.64. The Bertz CT molecular complexity index is 423. The second-order valence-electron chi connectivity index (χ2n) is 6.27. The molecule has 1 aromatic rings. The number of hydrogen-bond acceptors (Lipinski definition) is 2. The monoisotopic (exact) mass is 261 g/mol. The van der Waals surface area contributed by atoms with E-state index in [0.717, 1.165) is 0 Å². The van der Waals surface area contributed by atoms with Crippen LogP contribution in [0.3, 0.4) is 0 Å². The first kappa shape index (κ1) is 14.5. The molecule has 0 amide bonds. The lowest BCUT2D eigenvalue weighted by Gasteiger charge is -2.36. The lowest BCUT2D eigenvalue weighted by molar-refractivity contribution is 0.150. The van der Waals surface area contributed by atoms with E-state index >= 15 is 0 Å². The molecular formula is C17H27NO. The first-order valence-corrected chi connectivity index (χ1v) is 7.51. The van der Waals surface area contributed by atoms with E-state index in [1.54, 1.807) is 0 Å². The Morgan fingerprint density at radius 3 is 2.42 bits per heavy atom. The molecule has 0 spiro atoms. The van der Waals surface area contributed by atoms with Crippen molar-refractivity contribution in [3.8, 4) is 0 Å². The number of aliphatic hydroxyl groups is 1. The van der Waals surface area contributed by atoms with Gasteiger partial charge in [0.1, 0.15) is 0 Å². The minimum Gasteiger partial charge on any atom is -0.394 e. The summed E-state index contributed by atoms with van der Waals surface area (Å²) in [7, 11) is 0. The summed E-state index contributed by atoms with van der Waals surface area (Å²) in [6.07, 6.45) is 6.46. The minimum absolute atomic E-state index is 0.145. The van der Waals surface area contributed by atoms with Crippen LogP contribution in [0.5, 0.6) is 0 Å². The van der Waals surface area contributed by atoms with E-state index in [0.29, 0.717) is 6.04 Å². The molecule has 1 unspecified atom stereocenters. The van der Waals surface area contributed by atoms with E-state index in [-0.39, 0.29) is 12.1 Å². The molecule has 1 saturated carbocycles. The molecular weight excluding hydrogens is 234 g/mol. The summed E-state index contributed by atoms with van der Waals surface area (Å²) in [4.78, 5) is 0. The van der Waals surface area contributed by atoms with Crippen molar-refractivity contribution in [2.45, 2.75) is 64.5 Å². The molecule has 0 aromatic heterocycles. The number of hydrogen-bond donors (Lipinski definition) is 2. The van der Waals surface area contributed by atoms with Crippen molar-refractivity contribution >= 4 is 0 Å². The van der Waals surface area contributed by atoms with Gasteiger partial charge >= 0.3 is 0 Å². The molecule has 1 aromatic carbocycles. The maximum Gasteiger partial charge on any atom is 0.0652 e. The Hall–Kier alpha value is -0.860. The fourth-order valence-electron chi connectivity index (χ4n) is 3.00. The number of nitrogens with one attached hydrogen (secondary N) is 1. The molecule has 106 valence electrons. The molecule has 19 heavy (non-hydrogen) atoms. The molecule has 1 aliphatic carbocycles. The van der Waals surface area contributed by atoms with Gasteiger partial charge in [-0.15, -0.1) is 0 Å². The Labute approximate surface area is 117 Å². The lowest BCUT2D eigenvalue weighted by atomic mass is 9.87. The van der Waals surface area contributed by atoms with Gasteiger partial charge in [-0.2, -0.15) is 0 Å². The highest BCUT2D eigenvalue weighted by Crippen LogP contribution is 2.27. The average molecular weight is 261 g/mol. The molecule has 0 bridgehead atoms. The Balaban J connectivity index is 2.17. The van der Waals surface area contributed by atoms with E-state index in [1.807, 2.05) is 0 Å². The molecule has 1 atom stereocenters. The van der Waals surface area contributed by atoms with Gasteiger partial charge in [-0.25, -0.2) is 0 Å². The normalized spacial score (nSPS) is 20.2. The van der Waals surface area contributed by atoms with Gasteiger partial charge in [0.2, 0.25) is 0 Å². The van der Waals surface area contributed by atoms with Gasteiger partial charge < -0.3 is 10.4 Å². The largest absolute Gasteiger partial charge is 0.394 e. The Morgan fingerprint density at radius 2 is 1.84 bits per heavy atom. The fraction of sp³-hybridized carbons (Fsp3) is 0.647. The Morgan fingerprint density at radius 1 is 1.16 bits per heavy atom. The summed E-state index contributed by atoms with van der Waals surface area (Å²) < 4.78 is 0. The van der Waals surface area contributed by atoms with Crippen LogP contribution in [0.25, 0.3) is 0 Å². The van der Waals surface area contributed by atoms with Crippen molar-refractivity contribution in [1.29, 1.82) is 0 Å². The number of aliphatic hydroxyl groups excluding tert-OH is 1. The topological polar surface area (TPSA) is 32.3 Å². The van der Waals surface area contributed by atoms with Crippen LogP contribution in [0.4, 0.5) is 0 Å². The predicted octanol–water partition coefficient (Wildman–Crippen LogP) is 3.43. The van der Waals surface area contributed by atoms with Gasteiger partial charge in [-0.3, -0.25) is 0 Å². The highest BCUT2D eigenvalue weighted by atomic mass is 16.3. The van der Waals surface area contributed by atoms with Crippen LogP contribution in [-0.4, -0.2) is 17.8 Å². The van der Waals surface area contributed by atoms with E-state index in [2.05, 4.69) is 44.3 Å². The summed E-state index contributed by atoms with van der Waals surface area (Å²) in [6, 6.07) is 7.06. The van der Waals surface area contributed by atoms with Crippen LogP contribution < -0.4 is 5.32 Å². The van der Waals surface area contributed by atoms with Crippen LogP contribution in [-0.2, 0) is 5.54 Å². The van der Waals surface area contributed by atoms with Crippen molar-refractivity contribution < 1.29 is 5.11 Å². The second kappa shape index (κ2) is 6.06. The third kappa shape index (κ3) is 3.37. The van der Waals surface area contributed by atoms with Crippen molar-refractivity contribution in [3.63, 3.8) is 0 Å². The zero-order valence-corrected chi connectivity index (χ0v) is 12.5. The van der Waals surface area contributed by atoms with Crippen LogP contribution in [0.15, 0.2) is 18.2 Å². The van der Waals surface area contributed by atoms with Crippen molar-refractivity contribution in [1.82, 2.24) is 5.32 Å². The molecule has 0 saturated heterocycles. The van der Waals surface area contributed by atoms with Crippen molar-refractivity contribution in [2.24, 2.45) is 0 Å². The summed E-state index contributed by atoms with van der Waals surface area (Å²) in [6.45, 7) is 6.53. The predicted molar refractivity (Wildman–Crippen MR) is 80.4 cm³/mol. The third-order valence-corrected chi connectivity index (χ3v) is 4.59. The number of aryl methyl sites for hydroxylation is 2. The maximum absolute atomic E-state index is 9.87. The van der Waals surface area contributed by atoms with Crippen molar-refractivity contribution in [3.05, 3.63) is 34.9 Å². The number of benzene rings is 1. The molecule has 2 N–H and O–H groups in total. The van der Waals surface area contributed by atoms with Gasteiger partial charge in [-0.05, 0) is 50.3 Å². The van der Waals surface area contributed by atoms with Crippen LogP contribution in [0.2, 0.25) is 0 Å². The zero-order valence-electron chi connectivity index (χ0n) is 12.5. The molecule has 2 heteroatoms. The molecule has 1 fully saturated rings. The van der Waals surface area contributed by atoms with Crippen LogP contribution in [0, 0.1) is 13.8 Å². The molecule has 0 aliphatic heterocycles. The van der Waals surface area contributed by atoms with E-state index in [1.165, 1.54) is 48.8 Å². The molecule has 1 aliphatic rings.